The minimum Gasteiger partial charge on any atom is -0.511 e. The molecule has 2 atom stereocenters. The lowest BCUT2D eigenvalue weighted by molar-refractivity contribution is -0.140. The molecule has 0 radical (unpaired) electrons. The zero-order valence-corrected chi connectivity index (χ0v) is 25.0. The van der Waals surface area contributed by atoms with Crippen molar-refractivity contribution in [2.75, 3.05) is 7.11 Å². The van der Waals surface area contributed by atoms with Gasteiger partial charge in [-0.25, -0.2) is 15.0 Å². The quantitative estimate of drug-likeness (QED) is 0.295. The van der Waals surface area contributed by atoms with E-state index in [0.29, 0.717) is 18.6 Å². The maximum absolute atomic E-state index is 12.2. The second-order valence-electron chi connectivity index (χ2n) is 11.6. The highest BCUT2D eigenvalue weighted by molar-refractivity contribution is 6.21. The van der Waals surface area contributed by atoms with Crippen molar-refractivity contribution in [1.82, 2.24) is 5.32 Å². The van der Waals surface area contributed by atoms with Crippen molar-refractivity contribution >= 4 is 29.4 Å². The number of hydrogen-bond donors (Lipinski definition) is 2. The number of nitrogens with one attached hydrogen (secondary N) is 1. The zero-order valence-electron chi connectivity index (χ0n) is 25.0. The number of nitrogens with zero attached hydrogens (tertiary/aromatic N) is 3. The molecule has 8 bridgehead atoms. The molecule has 0 saturated carbocycles. The molecule has 6 rings (SSSR count). The van der Waals surface area contributed by atoms with Crippen LogP contribution in [0.15, 0.2) is 106 Å². The van der Waals surface area contributed by atoms with Crippen molar-refractivity contribution in [2.24, 2.45) is 26.8 Å². The fraction of sp³-hybridized carbons (Fsp3) is 0.382. The molecular weight excluding hydrogens is 528 g/mol. The topological polar surface area (TPSA) is 113 Å². The summed E-state index contributed by atoms with van der Waals surface area (Å²) in [5.74, 6) is 0.101. The maximum Gasteiger partial charge on any atom is 0.305 e. The molecule has 0 aromatic carbocycles. The Labute approximate surface area is 246 Å². The van der Waals surface area contributed by atoms with Crippen LogP contribution >= 0.6 is 0 Å². The normalized spacial score (nSPS) is 24.6. The summed E-state index contributed by atoms with van der Waals surface area (Å²) in [7, 11) is 1.41. The van der Waals surface area contributed by atoms with Gasteiger partial charge >= 0.3 is 5.97 Å². The molecule has 216 valence electrons. The minimum atomic E-state index is -0.251. The number of esters is 1. The largest absolute Gasteiger partial charge is 0.511 e. The molecule has 1 saturated heterocycles. The van der Waals surface area contributed by atoms with Crippen molar-refractivity contribution in [3.63, 3.8) is 0 Å². The monoisotopic (exact) mass is 564 g/mol. The van der Waals surface area contributed by atoms with Gasteiger partial charge in [-0.1, -0.05) is 13.8 Å². The Morgan fingerprint density at radius 3 is 2.43 bits per heavy atom. The van der Waals surface area contributed by atoms with E-state index in [1.807, 2.05) is 26.0 Å². The van der Waals surface area contributed by atoms with Gasteiger partial charge in [0, 0.05) is 53.6 Å². The van der Waals surface area contributed by atoms with E-state index in [-0.39, 0.29) is 30.6 Å². The number of carbonyl (C=O) groups excluding carboxylic acids is 2. The van der Waals surface area contributed by atoms with Gasteiger partial charge < -0.3 is 20.0 Å². The first kappa shape index (κ1) is 27.8. The van der Waals surface area contributed by atoms with Crippen LogP contribution in [0, 0.1) is 11.8 Å². The number of rotatable bonds is 6. The summed E-state index contributed by atoms with van der Waals surface area (Å²) in [6, 6.07) is 0. The first-order chi connectivity index (χ1) is 20.2. The average molecular weight is 565 g/mol. The van der Waals surface area contributed by atoms with Crippen LogP contribution in [0.5, 0.6) is 0 Å². The van der Waals surface area contributed by atoms with Crippen LogP contribution in [-0.4, -0.2) is 41.6 Å². The third-order valence-electron chi connectivity index (χ3n) is 9.36. The lowest BCUT2D eigenvalue weighted by Gasteiger charge is -2.17. The lowest BCUT2D eigenvalue weighted by atomic mass is 9.86. The standard InChI is InChI=1S/C34H36N4O4/c1-7-20-16(2)25-14-29-21(10-11-39)17(3)24(36-29)13-26-18(4)22(8-9-31(41)42-6)33(37-26)23-12-30(40)32-19(5)27(38-34(23)32)15-28(20)35-25/h11,13-15,18,22,37,40H,7-10,12H2,1-6H3/t18-,22-/m0/s1. The Morgan fingerprint density at radius 2 is 1.74 bits per heavy atom. The van der Waals surface area contributed by atoms with Gasteiger partial charge in [0.1, 0.15) is 12.0 Å². The third-order valence-corrected chi connectivity index (χ3v) is 9.36. The molecule has 42 heavy (non-hydrogen) atoms. The molecule has 1 aliphatic carbocycles. The van der Waals surface area contributed by atoms with E-state index in [9.17, 15) is 14.7 Å². The smallest absolute Gasteiger partial charge is 0.305 e. The summed E-state index contributed by atoms with van der Waals surface area (Å²) in [4.78, 5) is 39.0. The van der Waals surface area contributed by atoms with Gasteiger partial charge in [-0.15, -0.1) is 0 Å². The summed E-state index contributed by atoms with van der Waals surface area (Å²) >= 11 is 0. The number of methoxy groups -OCH3 is 1. The van der Waals surface area contributed by atoms with Crippen molar-refractivity contribution in [3.8, 4) is 0 Å². The van der Waals surface area contributed by atoms with E-state index >= 15 is 0 Å². The Morgan fingerprint density at radius 1 is 1.05 bits per heavy atom. The van der Waals surface area contributed by atoms with Gasteiger partial charge in [0.15, 0.2) is 0 Å². The number of hydrogen-bond acceptors (Lipinski definition) is 8. The number of aliphatic hydroxyl groups is 1. The van der Waals surface area contributed by atoms with Gasteiger partial charge in [-0.05, 0) is 79.7 Å². The van der Waals surface area contributed by atoms with E-state index in [2.05, 4.69) is 32.2 Å². The van der Waals surface area contributed by atoms with E-state index in [1.54, 1.807) is 0 Å². The second kappa shape index (κ2) is 10.5. The molecule has 8 nitrogen and oxygen atoms in total. The molecule has 0 aromatic heterocycles. The summed E-state index contributed by atoms with van der Waals surface area (Å²) in [6.07, 6.45) is 9.32. The molecule has 5 heterocycles. The zero-order chi connectivity index (χ0) is 29.9. The van der Waals surface area contributed by atoms with Crippen molar-refractivity contribution < 1.29 is 19.4 Å². The number of aliphatic hydroxyl groups excluding tert-OH is 1. The fourth-order valence-corrected chi connectivity index (χ4v) is 6.87. The summed E-state index contributed by atoms with van der Waals surface area (Å²) in [5.41, 5.74) is 13.5. The molecular formula is C34H36N4O4. The van der Waals surface area contributed by atoms with Crippen LogP contribution in [0.25, 0.3) is 0 Å². The van der Waals surface area contributed by atoms with Crippen molar-refractivity contribution in [1.29, 1.82) is 0 Å². The lowest BCUT2D eigenvalue weighted by Crippen LogP contribution is -2.16. The van der Waals surface area contributed by atoms with Gasteiger partial charge in [0.05, 0.1) is 41.3 Å². The molecule has 8 heteroatoms. The number of ether oxygens (including phenoxy) is 1. The second-order valence-corrected chi connectivity index (χ2v) is 11.6. The summed E-state index contributed by atoms with van der Waals surface area (Å²) < 4.78 is 4.96. The average Bonchev–Trinajstić information content (AvgIpc) is 3.71. The molecule has 5 aliphatic heterocycles. The van der Waals surface area contributed by atoms with E-state index in [0.717, 1.165) is 97.3 Å². The Balaban J connectivity index is 1.59. The molecule has 0 aromatic rings. The van der Waals surface area contributed by atoms with Crippen LogP contribution in [0.4, 0.5) is 0 Å². The van der Waals surface area contributed by atoms with E-state index < -0.39 is 0 Å². The van der Waals surface area contributed by atoms with E-state index in [1.165, 1.54) is 7.11 Å². The highest BCUT2D eigenvalue weighted by Gasteiger charge is 2.41. The molecule has 0 unspecified atom stereocenters. The van der Waals surface area contributed by atoms with Gasteiger partial charge in [0.2, 0.25) is 0 Å². The van der Waals surface area contributed by atoms with Crippen LogP contribution in [0.1, 0.15) is 66.7 Å². The minimum absolute atomic E-state index is 0.00631. The molecule has 1 fully saturated rings. The summed E-state index contributed by atoms with van der Waals surface area (Å²) in [5, 5.41) is 14.9. The van der Waals surface area contributed by atoms with Crippen LogP contribution in [-0.2, 0) is 14.3 Å². The number of aliphatic imine (C=N–C) groups is 3. The Bertz CT molecular complexity index is 1700. The maximum atomic E-state index is 12.2. The molecule has 6 aliphatic rings. The van der Waals surface area contributed by atoms with E-state index in [4.69, 9.17) is 19.7 Å². The first-order valence-electron chi connectivity index (χ1n) is 14.6. The highest BCUT2D eigenvalue weighted by Crippen LogP contribution is 2.46. The molecule has 0 spiro atoms. The van der Waals surface area contributed by atoms with Gasteiger partial charge in [-0.2, -0.15) is 0 Å². The van der Waals surface area contributed by atoms with Crippen LogP contribution in [0.3, 0.4) is 0 Å². The molecule has 0 amide bonds. The number of allylic oxidation sites excluding steroid dienone is 12. The summed E-state index contributed by atoms with van der Waals surface area (Å²) in [6.45, 7) is 10.3. The first-order valence-corrected chi connectivity index (χ1v) is 14.6. The Hall–Kier alpha value is -4.33. The predicted octanol–water partition coefficient (Wildman–Crippen LogP) is 6.20. The number of aldehydes is 1. The highest BCUT2D eigenvalue weighted by atomic mass is 16.5. The van der Waals surface area contributed by atoms with Crippen LogP contribution in [0.2, 0.25) is 0 Å². The Kier molecular flexibility index (Phi) is 6.95. The van der Waals surface area contributed by atoms with Gasteiger partial charge in [0.25, 0.3) is 0 Å². The third kappa shape index (κ3) is 4.32. The van der Waals surface area contributed by atoms with Gasteiger partial charge in [-0.3, -0.25) is 4.79 Å². The number of fused-ring (bicyclic) bond motifs is 5. The van der Waals surface area contributed by atoms with Crippen molar-refractivity contribution in [2.45, 2.75) is 66.7 Å². The fourth-order valence-electron chi connectivity index (χ4n) is 6.87. The van der Waals surface area contributed by atoms with Crippen LogP contribution < -0.4 is 5.32 Å². The van der Waals surface area contributed by atoms with Crippen molar-refractivity contribution in [3.05, 3.63) is 91.5 Å². The number of carbonyl (C=O) groups is 2. The molecule has 2 N–H and O–H groups in total. The SMILES string of the molecule is CCC1=C(C)C2=NC1=CC1=C(C)C3=C(O)CC(=C4NC(=CC5=NC(=C2)C(CC=O)=C5C)[C@@H](C)[C@@H]4CCC(=O)OC)C3=N1. The predicted molar refractivity (Wildman–Crippen MR) is 164 cm³/mol.